The number of hydrogen-bond donors (Lipinski definition) is 1. The zero-order chi connectivity index (χ0) is 16.4. The Morgan fingerprint density at radius 2 is 1.96 bits per heavy atom. The van der Waals surface area contributed by atoms with Gasteiger partial charge in [0.15, 0.2) is 0 Å². The first-order valence-electron chi connectivity index (χ1n) is 6.68. The molecule has 118 valence electrons. The fourth-order valence-electron chi connectivity index (χ4n) is 2.21. The Hall–Kier alpha value is -2.74. The van der Waals surface area contributed by atoms with Crippen molar-refractivity contribution in [1.82, 2.24) is 9.78 Å². The summed E-state index contributed by atoms with van der Waals surface area (Å²) in [5.74, 6) is -0.396. The molecule has 0 radical (unpaired) electrons. The first-order chi connectivity index (χ1) is 10.9. The van der Waals surface area contributed by atoms with Gasteiger partial charge in [-0.1, -0.05) is 24.3 Å². The third-order valence-electron chi connectivity index (χ3n) is 3.24. The molecule has 8 heteroatoms. The van der Waals surface area contributed by atoms with Crippen LogP contribution in [0.1, 0.15) is 0 Å². The predicted octanol–water partition coefficient (Wildman–Crippen LogP) is 2.33. The van der Waals surface area contributed by atoms with E-state index in [4.69, 9.17) is 0 Å². The molecule has 23 heavy (non-hydrogen) atoms. The highest BCUT2D eigenvalue weighted by Crippen LogP contribution is 2.18. The normalized spacial score (nSPS) is 11.5. The molecule has 0 fully saturated rings. The monoisotopic (exact) mass is 333 g/mol. The first-order valence-corrected chi connectivity index (χ1v) is 8.07. The van der Waals surface area contributed by atoms with Crippen molar-refractivity contribution in [3.8, 4) is 0 Å². The van der Waals surface area contributed by atoms with Gasteiger partial charge in [0.25, 0.3) is 0 Å². The molecule has 0 spiro atoms. The number of amides is 1. The minimum atomic E-state index is -4.81. The molecule has 0 atom stereocenters. The van der Waals surface area contributed by atoms with Crippen LogP contribution in [0.4, 0.5) is 9.57 Å². The van der Waals surface area contributed by atoms with Crippen LogP contribution < -0.4 is 5.32 Å². The number of nitrogens with one attached hydrogen (secondary N) is 1. The lowest BCUT2D eigenvalue weighted by Crippen LogP contribution is -2.19. The molecule has 1 heterocycles. The third-order valence-corrected chi connectivity index (χ3v) is 4.06. The standard InChI is InChI=1S/C15H12FN3O3S/c16-23(21,22)13-6-3-5-12(8-13)18-15(20)10-19-14-7-2-1-4-11(14)9-17-19/h1-9H,10H2,(H,18,20). The van der Waals surface area contributed by atoms with Gasteiger partial charge in [-0.15, -0.1) is 3.89 Å². The number of rotatable bonds is 4. The fourth-order valence-corrected chi connectivity index (χ4v) is 2.72. The van der Waals surface area contributed by atoms with Crippen molar-refractivity contribution < 1.29 is 17.1 Å². The minimum absolute atomic E-state index is 0.0416. The number of fused-ring (bicyclic) bond motifs is 1. The summed E-state index contributed by atoms with van der Waals surface area (Å²) in [6.07, 6.45) is 1.65. The maximum Gasteiger partial charge on any atom is 0.332 e. The molecule has 6 nitrogen and oxygen atoms in total. The largest absolute Gasteiger partial charge is 0.332 e. The van der Waals surface area contributed by atoms with Gasteiger partial charge >= 0.3 is 10.2 Å². The zero-order valence-corrected chi connectivity index (χ0v) is 12.6. The molecule has 0 aliphatic carbocycles. The number of aromatic nitrogens is 2. The summed E-state index contributed by atoms with van der Waals surface area (Å²) >= 11 is 0. The fraction of sp³-hybridized carbons (Fsp3) is 0.0667. The van der Waals surface area contributed by atoms with Gasteiger partial charge in [-0.2, -0.15) is 13.5 Å². The highest BCUT2D eigenvalue weighted by atomic mass is 32.3. The smallest absolute Gasteiger partial charge is 0.324 e. The van der Waals surface area contributed by atoms with Crippen LogP contribution in [-0.2, 0) is 21.6 Å². The molecular weight excluding hydrogens is 321 g/mol. The molecule has 0 aliphatic rings. The number of para-hydroxylation sites is 1. The summed E-state index contributed by atoms with van der Waals surface area (Å²) in [5.41, 5.74) is 1.01. The van der Waals surface area contributed by atoms with E-state index in [0.29, 0.717) is 0 Å². The van der Waals surface area contributed by atoms with Crippen LogP contribution in [0.25, 0.3) is 10.9 Å². The van der Waals surface area contributed by atoms with Crippen LogP contribution >= 0.6 is 0 Å². The van der Waals surface area contributed by atoms with E-state index in [1.165, 1.54) is 16.8 Å². The number of benzene rings is 2. The number of anilines is 1. The Morgan fingerprint density at radius 3 is 2.74 bits per heavy atom. The number of carbonyl (C=O) groups is 1. The molecule has 2 aromatic carbocycles. The van der Waals surface area contributed by atoms with E-state index in [1.54, 1.807) is 6.20 Å². The Bertz CT molecular complexity index is 982. The highest BCUT2D eigenvalue weighted by molar-refractivity contribution is 7.86. The van der Waals surface area contributed by atoms with Gasteiger partial charge in [-0.05, 0) is 24.3 Å². The van der Waals surface area contributed by atoms with Crippen LogP contribution in [0.2, 0.25) is 0 Å². The molecule has 0 aliphatic heterocycles. The van der Waals surface area contributed by atoms with Gasteiger partial charge in [0.1, 0.15) is 11.4 Å². The van der Waals surface area contributed by atoms with Crippen LogP contribution in [-0.4, -0.2) is 24.1 Å². The molecule has 0 unspecified atom stereocenters. The quantitative estimate of drug-likeness (QED) is 0.743. The van der Waals surface area contributed by atoms with Gasteiger partial charge in [-0.25, -0.2) is 0 Å². The van der Waals surface area contributed by atoms with Crippen molar-refractivity contribution in [3.63, 3.8) is 0 Å². The molecule has 0 saturated carbocycles. The van der Waals surface area contributed by atoms with Crippen molar-refractivity contribution in [3.05, 3.63) is 54.7 Å². The molecule has 1 N–H and O–H groups in total. The topological polar surface area (TPSA) is 81.1 Å². The Balaban J connectivity index is 1.77. The Kier molecular flexibility index (Phi) is 3.83. The summed E-state index contributed by atoms with van der Waals surface area (Å²) < 4.78 is 36.3. The average molecular weight is 333 g/mol. The van der Waals surface area contributed by atoms with Gasteiger partial charge in [-0.3, -0.25) is 9.48 Å². The van der Waals surface area contributed by atoms with Crippen molar-refractivity contribution >= 4 is 32.7 Å². The van der Waals surface area contributed by atoms with Crippen molar-refractivity contribution in [2.45, 2.75) is 11.4 Å². The van der Waals surface area contributed by atoms with E-state index in [0.717, 1.165) is 23.0 Å². The minimum Gasteiger partial charge on any atom is -0.324 e. The third kappa shape index (κ3) is 3.37. The molecule has 0 saturated heterocycles. The van der Waals surface area contributed by atoms with E-state index in [2.05, 4.69) is 10.4 Å². The van der Waals surface area contributed by atoms with E-state index < -0.39 is 21.0 Å². The summed E-state index contributed by atoms with van der Waals surface area (Å²) in [6.45, 7) is -0.0416. The molecule has 0 bridgehead atoms. The summed E-state index contributed by atoms with van der Waals surface area (Å²) in [4.78, 5) is 11.6. The zero-order valence-electron chi connectivity index (χ0n) is 11.8. The van der Waals surface area contributed by atoms with Gasteiger partial charge in [0.05, 0.1) is 11.7 Å². The second kappa shape index (κ2) is 5.81. The number of carbonyl (C=O) groups excluding carboxylic acids is 1. The van der Waals surface area contributed by atoms with Crippen molar-refractivity contribution in [2.24, 2.45) is 0 Å². The maximum atomic E-state index is 13.0. The van der Waals surface area contributed by atoms with Gasteiger partial charge in [0.2, 0.25) is 5.91 Å². The molecule has 3 aromatic rings. The lowest BCUT2D eigenvalue weighted by Gasteiger charge is -2.07. The summed E-state index contributed by atoms with van der Waals surface area (Å²) in [6, 6.07) is 12.4. The second-order valence-corrected chi connectivity index (χ2v) is 6.22. The Morgan fingerprint density at radius 1 is 1.17 bits per heavy atom. The SMILES string of the molecule is O=C(Cn1ncc2ccccc21)Nc1cccc(S(=O)(=O)F)c1. The van der Waals surface area contributed by atoms with Crippen LogP contribution in [0.3, 0.4) is 0 Å². The summed E-state index contributed by atoms with van der Waals surface area (Å²) in [5, 5.41) is 7.57. The lowest BCUT2D eigenvalue weighted by molar-refractivity contribution is -0.116. The van der Waals surface area contributed by atoms with Gasteiger partial charge < -0.3 is 5.32 Å². The molecular formula is C15H12FN3O3S. The van der Waals surface area contributed by atoms with Crippen molar-refractivity contribution in [2.75, 3.05) is 5.32 Å². The Labute approximate surface area is 131 Å². The number of hydrogen-bond acceptors (Lipinski definition) is 4. The highest BCUT2D eigenvalue weighted by Gasteiger charge is 2.13. The first kappa shape index (κ1) is 15.2. The number of nitrogens with zero attached hydrogens (tertiary/aromatic N) is 2. The molecule has 3 rings (SSSR count). The van der Waals surface area contributed by atoms with E-state index in [1.807, 2.05) is 24.3 Å². The van der Waals surface area contributed by atoms with E-state index in [9.17, 15) is 17.1 Å². The number of halogens is 1. The predicted molar refractivity (Wildman–Crippen MR) is 83.1 cm³/mol. The van der Waals surface area contributed by atoms with Gasteiger partial charge in [0, 0.05) is 11.1 Å². The lowest BCUT2D eigenvalue weighted by atomic mass is 10.2. The van der Waals surface area contributed by atoms with E-state index in [-0.39, 0.29) is 12.2 Å². The second-order valence-electron chi connectivity index (χ2n) is 4.87. The van der Waals surface area contributed by atoms with E-state index >= 15 is 0 Å². The molecule has 1 amide bonds. The van der Waals surface area contributed by atoms with Crippen LogP contribution in [0.5, 0.6) is 0 Å². The van der Waals surface area contributed by atoms with Crippen LogP contribution in [0.15, 0.2) is 59.6 Å². The average Bonchev–Trinajstić information content (AvgIpc) is 2.90. The molecule has 1 aromatic heterocycles. The summed E-state index contributed by atoms with van der Waals surface area (Å²) in [7, 11) is -4.81. The van der Waals surface area contributed by atoms with Crippen LogP contribution in [0, 0.1) is 0 Å². The maximum absolute atomic E-state index is 13.0. The van der Waals surface area contributed by atoms with Crippen molar-refractivity contribution in [1.29, 1.82) is 0 Å².